The predicted molar refractivity (Wildman–Crippen MR) is 44.2 cm³/mol. The molecule has 0 atom stereocenters. The molecule has 0 fully saturated rings. The molecule has 1 rings (SSSR count). The van der Waals surface area contributed by atoms with Gasteiger partial charge in [0.1, 0.15) is 18.3 Å². The highest BCUT2D eigenvalue weighted by atomic mass is 15.0. The van der Waals surface area contributed by atoms with Crippen LogP contribution >= 0.6 is 0 Å². The first-order chi connectivity index (χ1) is 5.70. The molecule has 3 heteroatoms. The van der Waals surface area contributed by atoms with Crippen molar-refractivity contribution in [1.82, 2.24) is 4.57 Å². The van der Waals surface area contributed by atoms with Crippen LogP contribution in [0.4, 0.5) is 0 Å². The Morgan fingerprint density at radius 2 is 2.08 bits per heavy atom. The van der Waals surface area contributed by atoms with Gasteiger partial charge in [-0.15, -0.1) is 0 Å². The second kappa shape index (κ2) is 3.11. The Hall–Kier alpha value is -1.74. The first kappa shape index (κ1) is 8.36. The Kier molecular flexibility index (Phi) is 2.16. The zero-order valence-electron chi connectivity index (χ0n) is 7.13. The van der Waals surface area contributed by atoms with Crippen LogP contribution in [0.5, 0.6) is 0 Å². The highest BCUT2D eigenvalue weighted by Gasteiger charge is 2.07. The van der Waals surface area contributed by atoms with Crippen molar-refractivity contribution in [2.75, 3.05) is 0 Å². The molecule has 60 valence electrons. The van der Waals surface area contributed by atoms with Gasteiger partial charge in [-0.3, -0.25) is 0 Å². The fourth-order valence-electron chi connectivity index (χ4n) is 1.27. The van der Waals surface area contributed by atoms with E-state index in [1.54, 1.807) is 4.57 Å². The van der Waals surface area contributed by atoms with Crippen molar-refractivity contribution < 1.29 is 0 Å². The van der Waals surface area contributed by atoms with E-state index in [4.69, 9.17) is 10.5 Å². The molecule has 0 radical (unpaired) electrons. The largest absolute Gasteiger partial charge is 0.323 e. The Morgan fingerprint density at radius 1 is 1.42 bits per heavy atom. The number of hydrogen-bond donors (Lipinski definition) is 0. The Balaban J connectivity index is 3.27. The van der Waals surface area contributed by atoms with Gasteiger partial charge < -0.3 is 4.57 Å². The molecule has 0 saturated heterocycles. The molecule has 1 aromatic rings. The lowest BCUT2D eigenvalue weighted by molar-refractivity contribution is 0.792. The molecule has 0 aliphatic rings. The molecule has 0 aliphatic heterocycles. The van der Waals surface area contributed by atoms with Gasteiger partial charge in [0.05, 0.1) is 6.07 Å². The quantitative estimate of drug-likeness (QED) is 0.623. The van der Waals surface area contributed by atoms with Crippen molar-refractivity contribution in [3.05, 3.63) is 23.0 Å². The monoisotopic (exact) mass is 159 g/mol. The van der Waals surface area contributed by atoms with Crippen molar-refractivity contribution in [1.29, 1.82) is 10.5 Å². The van der Waals surface area contributed by atoms with E-state index in [2.05, 4.69) is 6.07 Å². The third-order valence-corrected chi connectivity index (χ3v) is 1.83. The van der Waals surface area contributed by atoms with Crippen molar-refractivity contribution in [3.63, 3.8) is 0 Å². The van der Waals surface area contributed by atoms with Gasteiger partial charge in [-0.25, -0.2) is 0 Å². The predicted octanol–water partition coefficient (Wildman–Crippen LogP) is 1.50. The van der Waals surface area contributed by atoms with Gasteiger partial charge >= 0.3 is 0 Å². The van der Waals surface area contributed by atoms with Gasteiger partial charge in [0.2, 0.25) is 0 Å². The van der Waals surface area contributed by atoms with Crippen molar-refractivity contribution in [3.8, 4) is 12.1 Å². The Bertz CT molecular complexity index is 374. The molecule has 0 aromatic carbocycles. The van der Waals surface area contributed by atoms with E-state index in [1.165, 1.54) is 0 Å². The normalized spacial score (nSPS) is 9.00. The third kappa shape index (κ3) is 1.17. The zero-order chi connectivity index (χ0) is 9.14. The third-order valence-electron chi connectivity index (χ3n) is 1.83. The van der Waals surface area contributed by atoms with Gasteiger partial charge in [-0.05, 0) is 25.5 Å². The summed E-state index contributed by atoms with van der Waals surface area (Å²) in [5, 5.41) is 17.3. The van der Waals surface area contributed by atoms with Crippen LogP contribution in [0.3, 0.4) is 0 Å². The van der Waals surface area contributed by atoms with Gasteiger partial charge in [0, 0.05) is 5.69 Å². The number of aromatic nitrogens is 1. The van der Waals surface area contributed by atoms with Gasteiger partial charge in [-0.2, -0.15) is 10.5 Å². The number of hydrogen-bond acceptors (Lipinski definition) is 2. The highest BCUT2D eigenvalue weighted by molar-refractivity contribution is 5.35. The summed E-state index contributed by atoms with van der Waals surface area (Å²) in [6, 6.07) is 6.02. The minimum Gasteiger partial charge on any atom is -0.323 e. The average molecular weight is 159 g/mol. The van der Waals surface area contributed by atoms with Crippen LogP contribution < -0.4 is 0 Å². The minimum atomic E-state index is 0.253. The van der Waals surface area contributed by atoms with E-state index < -0.39 is 0 Å². The van der Waals surface area contributed by atoms with E-state index in [0.717, 1.165) is 11.3 Å². The van der Waals surface area contributed by atoms with Crippen molar-refractivity contribution >= 4 is 0 Å². The molecule has 1 aromatic heterocycles. The minimum absolute atomic E-state index is 0.253. The molecule has 12 heavy (non-hydrogen) atoms. The molecule has 0 amide bonds. The first-order valence-corrected chi connectivity index (χ1v) is 3.64. The maximum absolute atomic E-state index is 8.76. The number of nitrogens with zero attached hydrogens (tertiary/aromatic N) is 3. The van der Waals surface area contributed by atoms with Gasteiger partial charge in [-0.1, -0.05) is 0 Å². The van der Waals surface area contributed by atoms with E-state index in [0.29, 0.717) is 5.69 Å². The summed E-state index contributed by atoms with van der Waals surface area (Å²) in [6.07, 6.45) is 0. The Morgan fingerprint density at radius 3 is 2.58 bits per heavy atom. The molecule has 0 aliphatic carbocycles. The molecule has 3 nitrogen and oxygen atoms in total. The van der Waals surface area contributed by atoms with E-state index >= 15 is 0 Å². The molecule has 0 N–H and O–H groups in total. The summed E-state index contributed by atoms with van der Waals surface area (Å²) >= 11 is 0. The highest BCUT2D eigenvalue weighted by Crippen LogP contribution is 2.12. The summed E-state index contributed by atoms with van der Waals surface area (Å²) in [5.41, 5.74) is 2.49. The number of aryl methyl sites for hydroxylation is 2. The van der Waals surface area contributed by atoms with Crippen LogP contribution in [-0.4, -0.2) is 4.57 Å². The molecule has 0 unspecified atom stereocenters. The maximum atomic E-state index is 8.76. The fraction of sp³-hybridized carbons (Fsp3) is 0.333. The summed E-state index contributed by atoms with van der Waals surface area (Å²) < 4.78 is 1.72. The molecular formula is C9H9N3. The second-order valence-electron chi connectivity index (χ2n) is 2.67. The number of rotatable bonds is 1. The lowest BCUT2D eigenvalue weighted by Gasteiger charge is -1.99. The second-order valence-corrected chi connectivity index (χ2v) is 2.67. The molecule has 1 heterocycles. The lowest BCUT2D eigenvalue weighted by atomic mass is 10.3. The van der Waals surface area contributed by atoms with E-state index in [-0.39, 0.29) is 6.54 Å². The summed E-state index contributed by atoms with van der Waals surface area (Å²) in [7, 11) is 0. The topological polar surface area (TPSA) is 52.5 Å². The SMILES string of the molecule is Cc1cc(C)n(CC#N)c1C#N. The van der Waals surface area contributed by atoms with Crippen LogP contribution in [0.25, 0.3) is 0 Å². The smallest absolute Gasteiger partial charge is 0.124 e. The maximum Gasteiger partial charge on any atom is 0.124 e. The molecule has 0 spiro atoms. The van der Waals surface area contributed by atoms with Gasteiger partial charge in [0.15, 0.2) is 0 Å². The molecule has 0 saturated carbocycles. The summed E-state index contributed by atoms with van der Waals surface area (Å²) in [4.78, 5) is 0. The van der Waals surface area contributed by atoms with Crippen molar-refractivity contribution in [2.45, 2.75) is 20.4 Å². The fourth-order valence-corrected chi connectivity index (χ4v) is 1.27. The first-order valence-electron chi connectivity index (χ1n) is 3.64. The molecular weight excluding hydrogens is 150 g/mol. The standard InChI is InChI=1S/C9H9N3/c1-7-5-8(2)12(4-3-10)9(7)6-11/h5H,4H2,1-2H3. The van der Waals surface area contributed by atoms with E-state index in [9.17, 15) is 0 Å². The Labute approximate surface area is 71.5 Å². The van der Waals surface area contributed by atoms with Crippen LogP contribution in [0.1, 0.15) is 17.0 Å². The van der Waals surface area contributed by atoms with Crippen LogP contribution in [0.2, 0.25) is 0 Å². The van der Waals surface area contributed by atoms with E-state index in [1.807, 2.05) is 26.0 Å². The summed E-state index contributed by atoms with van der Waals surface area (Å²) in [6.45, 7) is 4.02. The van der Waals surface area contributed by atoms with Crippen LogP contribution in [0.15, 0.2) is 6.07 Å². The van der Waals surface area contributed by atoms with Gasteiger partial charge in [0.25, 0.3) is 0 Å². The average Bonchev–Trinajstić information content (AvgIpc) is 2.28. The lowest BCUT2D eigenvalue weighted by Crippen LogP contribution is -2.00. The van der Waals surface area contributed by atoms with Crippen molar-refractivity contribution in [2.24, 2.45) is 0 Å². The van der Waals surface area contributed by atoms with Crippen LogP contribution in [-0.2, 0) is 6.54 Å². The molecule has 0 bridgehead atoms. The zero-order valence-corrected chi connectivity index (χ0v) is 7.13. The van der Waals surface area contributed by atoms with Crippen LogP contribution in [0, 0.1) is 36.5 Å². The summed E-state index contributed by atoms with van der Waals surface area (Å²) in [5.74, 6) is 0. The number of nitriles is 2.